The van der Waals surface area contributed by atoms with Crippen LogP contribution in [0.2, 0.25) is 5.02 Å². The molecule has 0 saturated heterocycles. The predicted molar refractivity (Wildman–Crippen MR) is 44.5 cm³/mol. The highest BCUT2D eigenvalue weighted by Gasteiger charge is 1.91. The number of hydrogen-bond donors (Lipinski definition) is 0. The van der Waals surface area contributed by atoms with Gasteiger partial charge in [-0.25, -0.2) is 0 Å². The molecule has 0 bridgehead atoms. The van der Waals surface area contributed by atoms with Gasteiger partial charge < -0.3 is 0 Å². The summed E-state index contributed by atoms with van der Waals surface area (Å²) in [5.41, 5.74) is 0.708. The van der Waals surface area contributed by atoms with E-state index in [1.54, 1.807) is 18.2 Å². The Morgan fingerprint density at radius 3 is 2.56 bits per heavy atom. The van der Waals surface area contributed by atoms with Crippen LogP contribution in [0.15, 0.2) is 22.7 Å². The third-order valence-electron chi connectivity index (χ3n) is 0.962. The van der Waals surface area contributed by atoms with Gasteiger partial charge >= 0.3 is 0 Å². The van der Waals surface area contributed by atoms with Crippen molar-refractivity contribution in [3.63, 3.8) is 0 Å². The molecule has 0 aliphatic carbocycles. The Kier molecular flexibility index (Phi) is 2.20. The Morgan fingerprint density at radius 2 is 2.11 bits per heavy atom. The van der Waals surface area contributed by atoms with Crippen molar-refractivity contribution >= 4 is 40.8 Å². The monoisotopic (exact) mass is 200 g/mol. The van der Waals surface area contributed by atoms with Crippen LogP contribution in [0.4, 0.5) is 0 Å². The van der Waals surface area contributed by atoms with Crippen molar-refractivity contribution in [1.82, 2.24) is 0 Å². The van der Waals surface area contributed by atoms with Crippen LogP contribution in [-0.4, -0.2) is 7.85 Å². The number of hydrogen-bond acceptors (Lipinski definition) is 0. The zero-order chi connectivity index (χ0) is 6.85. The number of rotatable bonds is 0. The summed E-state index contributed by atoms with van der Waals surface area (Å²) in [5, 5.41) is 0.691. The minimum absolute atomic E-state index is 0.691. The van der Waals surface area contributed by atoms with Crippen molar-refractivity contribution in [3.05, 3.63) is 27.7 Å². The third-order valence-corrected chi connectivity index (χ3v) is 1.88. The van der Waals surface area contributed by atoms with E-state index in [9.17, 15) is 0 Å². The molecule has 0 aliphatic heterocycles. The molecular formula is C6H3BBrCl. The van der Waals surface area contributed by atoms with Gasteiger partial charge in [0, 0.05) is 9.50 Å². The van der Waals surface area contributed by atoms with Crippen LogP contribution in [0.1, 0.15) is 0 Å². The van der Waals surface area contributed by atoms with Crippen LogP contribution in [0.5, 0.6) is 0 Å². The van der Waals surface area contributed by atoms with Gasteiger partial charge in [0.05, 0.1) is 0 Å². The summed E-state index contributed by atoms with van der Waals surface area (Å²) >= 11 is 8.87. The molecule has 1 aromatic carbocycles. The maximum Gasteiger partial charge on any atom is 0.115 e. The zero-order valence-corrected chi connectivity index (χ0v) is 6.91. The molecule has 44 valence electrons. The van der Waals surface area contributed by atoms with Crippen LogP contribution in [0.25, 0.3) is 0 Å². The average Bonchev–Trinajstić information content (AvgIpc) is 1.80. The Bertz CT molecular complexity index is 224. The molecule has 1 aromatic rings. The molecule has 2 radical (unpaired) electrons. The maximum absolute atomic E-state index is 5.63. The number of benzene rings is 1. The Hall–Kier alpha value is 0.0549. The Labute approximate surface area is 68.8 Å². The SMILES string of the molecule is [B]c1ccc(Cl)cc1Br. The second kappa shape index (κ2) is 2.76. The summed E-state index contributed by atoms with van der Waals surface area (Å²) in [4.78, 5) is 0. The van der Waals surface area contributed by atoms with Crippen molar-refractivity contribution in [1.29, 1.82) is 0 Å². The summed E-state index contributed by atoms with van der Waals surface area (Å²) in [6, 6.07) is 5.27. The first-order valence-electron chi connectivity index (χ1n) is 2.40. The Balaban J connectivity index is 3.17. The van der Waals surface area contributed by atoms with E-state index in [1.165, 1.54) is 0 Å². The molecule has 0 atom stereocenters. The maximum atomic E-state index is 5.63. The van der Waals surface area contributed by atoms with Crippen molar-refractivity contribution in [3.8, 4) is 0 Å². The molecule has 0 N–H and O–H groups in total. The molecule has 0 spiro atoms. The van der Waals surface area contributed by atoms with Gasteiger partial charge in [-0.3, -0.25) is 0 Å². The number of halogens is 2. The fourth-order valence-corrected chi connectivity index (χ4v) is 1.18. The van der Waals surface area contributed by atoms with Gasteiger partial charge in [-0.15, -0.1) is 0 Å². The molecule has 0 aromatic heterocycles. The first-order chi connectivity index (χ1) is 4.20. The molecule has 3 heteroatoms. The quantitative estimate of drug-likeness (QED) is 0.562. The summed E-state index contributed by atoms with van der Waals surface area (Å²) in [5.74, 6) is 0. The topological polar surface area (TPSA) is 0 Å². The highest BCUT2D eigenvalue weighted by molar-refractivity contribution is 9.10. The zero-order valence-electron chi connectivity index (χ0n) is 4.57. The van der Waals surface area contributed by atoms with E-state index in [0.29, 0.717) is 10.5 Å². The third kappa shape index (κ3) is 1.73. The van der Waals surface area contributed by atoms with Crippen molar-refractivity contribution in [2.45, 2.75) is 0 Å². The average molecular weight is 201 g/mol. The summed E-state index contributed by atoms with van der Waals surface area (Å²) in [7, 11) is 5.48. The highest BCUT2D eigenvalue weighted by Crippen LogP contribution is 2.12. The van der Waals surface area contributed by atoms with Crippen molar-refractivity contribution in [2.24, 2.45) is 0 Å². The first kappa shape index (κ1) is 7.17. The van der Waals surface area contributed by atoms with E-state index in [2.05, 4.69) is 15.9 Å². The van der Waals surface area contributed by atoms with E-state index in [1.807, 2.05) is 0 Å². The summed E-state index contributed by atoms with van der Waals surface area (Å²) in [6.07, 6.45) is 0. The molecule has 0 amide bonds. The van der Waals surface area contributed by atoms with Crippen LogP contribution in [0.3, 0.4) is 0 Å². The van der Waals surface area contributed by atoms with Gasteiger partial charge in [-0.1, -0.05) is 39.1 Å². The normalized spacial score (nSPS) is 9.56. The molecule has 0 unspecified atom stereocenters. The van der Waals surface area contributed by atoms with Gasteiger partial charge in [0.25, 0.3) is 0 Å². The molecule has 0 heterocycles. The molecule has 0 saturated carbocycles. The lowest BCUT2D eigenvalue weighted by Gasteiger charge is -1.95. The predicted octanol–water partition coefficient (Wildman–Crippen LogP) is 1.90. The molecular weight excluding hydrogens is 198 g/mol. The van der Waals surface area contributed by atoms with Crippen molar-refractivity contribution < 1.29 is 0 Å². The van der Waals surface area contributed by atoms with Crippen LogP contribution in [-0.2, 0) is 0 Å². The van der Waals surface area contributed by atoms with Crippen LogP contribution < -0.4 is 5.46 Å². The van der Waals surface area contributed by atoms with Crippen molar-refractivity contribution in [2.75, 3.05) is 0 Å². The van der Waals surface area contributed by atoms with Gasteiger partial charge in [0.2, 0.25) is 0 Å². The molecule has 0 fully saturated rings. The van der Waals surface area contributed by atoms with Crippen LogP contribution >= 0.6 is 27.5 Å². The fraction of sp³-hybridized carbons (Fsp3) is 0. The second-order valence-electron chi connectivity index (χ2n) is 1.67. The lowest BCUT2D eigenvalue weighted by atomic mass is 9.97. The lowest BCUT2D eigenvalue weighted by molar-refractivity contribution is 1.71. The van der Waals surface area contributed by atoms with E-state index in [0.717, 1.165) is 4.47 Å². The minimum Gasteiger partial charge on any atom is -0.0843 e. The summed E-state index contributed by atoms with van der Waals surface area (Å²) < 4.78 is 0.843. The van der Waals surface area contributed by atoms with Gasteiger partial charge in [0.15, 0.2) is 0 Å². The highest BCUT2D eigenvalue weighted by atomic mass is 79.9. The van der Waals surface area contributed by atoms with Gasteiger partial charge in [-0.2, -0.15) is 0 Å². The first-order valence-corrected chi connectivity index (χ1v) is 3.58. The van der Waals surface area contributed by atoms with Crippen LogP contribution in [0, 0.1) is 0 Å². The Morgan fingerprint density at radius 1 is 1.44 bits per heavy atom. The lowest BCUT2D eigenvalue weighted by Crippen LogP contribution is -2.01. The smallest absolute Gasteiger partial charge is 0.0843 e. The molecule has 1 rings (SSSR count). The van der Waals surface area contributed by atoms with E-state index in [-0.39, 0.29) is 0 Å². The largest absolute Gasteiger partial charge is 0.115 e. The minimum atomic E-state index is 0.691. The molecule has 0 nitrogen and oxygen atoms in total. The standard InChI is InChI=1S/C6H3BBrCl/c7-5-2-1-4(9)3-6(5)8/h1-3H. The van der Waals surface area contributed by atoms with E-state index in [4.69, 9.17) is 19.4 Å². The molecule has 0 aliphatic rings. The second-order valence-corrected chi connectivity index (χ2v) is 2.96. The van der Waals surface area contributed by atoms with Gasteiger partial charge in [0.1, 0.15) is 7.85 Å². The summed E-state index contributed by atoms with van der Waals surface area (Å²) in [6.45, 7) is 0. The van der Waals surface area contributed by atoms with Gasteiger partial charge in [-0.05, 0) is 12.1 Å². The van der Waals surface area contributed by atoms with E-state index < -0.39 is 0 Å². The van der Waals surface area contributed by atoms with E-state index >= 15 is 0 Å². The molecule has 9 heavy (non-hydrogen) atoms. The fourth-order valence-electron chi connectivity index (χ4n) is 0.502.